The molecule has 0 saturated carbocycles. The van der Waals surface area contributed by atoms with Crippen LogP contribution in [-0.2, 0) is 6.54 Å². The number of hydrogen-bond acceptors (Lipinski definition) is 5. The van der Waals surface area contributed by atoms with Crippen molar-refractivity contribution >= 4 is 17.5 Å². The largest absolute Gasteiger partial charge is 0.398 e. The topological polar surface area (TPSA) is 89.2 Å². The molecule has 1 aromatic heterocycles. The molecule has 0 unspecified atom stereocenters. The van der Waals surface area contributed by atoms with E-state index in [1.807, 2.05) is 0 Å². The number of hydrogen-bond donors (Lipinski definition) is 1. The molecule has 2 aromatic rings. The van der Waals surface area contributed by atoms with Gasteiger partial charge in [0.1, 0.15) is 6.33 Å². The molecule has 2 amide bonds. The first-order chi connectivity index (χ1) is 9.18. The lowest BCUT2D eigenvalue weighted by Gasteiger charge is -2.12. The summed E-state index contributed by atoms with van der Waals surface area (Å²) in [6, 6.07) is 4.88. The number of anilines is 1. The van der Waals surface area contributed by atoms with Crippen molar-refractivity contribution in [3.63, 3.8) is 0 Å². The quantitative estimate of drug-likeness (QED) is 0.634. The zero-order valence-electron chi connectivity index (χ0n) is 9.91. The maximum absolute atomic E-state index is 12.2. The molecule has 0 saturated heterocycles. The van der Waals surface area contributed by atoms with Gasteiger partial charge < -0.3 is 5.73 Å². The Morgan fingerprint density at radius 3 is 2.53 bits per heavy atom. The smallest absolute Gasteiger partial charge is 0.263 e. The number of rotatable bonds is 2. The first kappa shape index (κ1) is 11.3. The number of aromatic nitrogens is 2. The van der Waals surface area contributed by atoms with Crippen LogP contribution in [0.5, 0.6) is 0 Å². The van der Waals surface area contributed by atoms with Crippen molar-refractivity contribution in [2.45, 2.75) is 6.54 Å². The summed E-state index contributed by atoms with van der Waals surface area (Å²) in [5, 5.41) is 0. The molecular formula is C13H10N4O2. The molecule has 0 aliphatic carbocycles. The van der Waals surface area contributed by atoms with Crippen LogP contribution >= 0.6 is 0 Å². The molecule has 2 heterocycles. The van der Waals surface area contributed by atoms with Gasteiger partial charge >= 0.3 is 0 Å². The molecule has 1 aliphatic rings. The van der Waals surface area contributed by atoms with Crippen molar-refractivity contribution in [2.24, 2.45) is 0 Å². The number of nitrogen functional groups attached to an aromatic ring is 1. The van der Waals surface area contributed by atoms with Crippen LogP contribution in [0.4, 0.5) is 5.69 Å². The fourth-order valence-electron chi connectivity index (χ4n) is 2.10. The van der Waals surface area contributed by atoms with Gasteiger partial charge in [-0.15, -0.1) is 0 Å². The van der Waals surface area contributed by atoms with E-state index in [0.717, 1.165) is 4.90 Å². The van der Waals surface area contributed by atoms with Crippen LogP contribution in [-0.4, -0.2) is 26.7 Å². The summed E-state index contributed by atoms with van der Waals surface area (Å²) in [7, 11) is 0. The van der Waals surface area contributed by atoms with Crippen molar-refractivity contribution in [1.82, 2.24) is 14.9 Å². The molecule has 6 heteroatoms. The Hall–Kier alpha value is -2.76. The van der Waals surface area contributed by atoms with Crippen LogP contribution in [0.15, 0.2) is 36.9 Å². The maximum Gasteiger partial charge on any atom is 0.263 e. The number of amides is 2. The van der Waals surface area contributed by atoms with Crippen LogP contribution in [0.3, 0.4) is 0 Å². The van der Waals surface area contributed by atoms with Gasteiger partial charge in [-0.2, -0.15) is 0 Å². The highest BCUT2D eigenvalue weighted by Gasteiger charge is 2.36. The average molecular weight is 254 g/mol. The summed E-state index contributed by atoms with van der Waals surface area (Å²) >= 11 is 0. The summed E-state index contributed by atoms with van der Waals surface area (Å²) < 4.78 is 0. The molecule has 1 aromatic carbocycles. The van der Waals surface area contributed by atoms with Crippen molar-refractivity contribution < 1.29 is 9.59 Å². The predicted octanol–water partition coefficient (Wildman–Crippen LogP) is 0.855. The number of carbonyl (C=O) groups excluding carboxylic acids is 2. The molecule has 94 valence electrons. The van der Waals surface area contributed by atoms with Crippen LogP contribution in [0.2, 0.25) is 0 Å². The van der Waals surface area contributed by atoms with Gasteiger partial charge in [-0.25, -0.2) is 9.97 Å². The van der Waals surface area contributed by atoms with E-state index in [-0.39, 0.29) is 23.9 Å². The third-order valence-electron chi connectivity index (χ3n) is 2.99. The number of nitrogens with two attached hydrogens (primary N) is 1. The summed E-state index contributed by atoms with van der Waals surface area (Å²) in [5.41, 5.74) is 7.40. The van der Waals surface area contributed by atoms with E-state index in [1.54, 1.807) is 30.6 Å². The predicted molar refractivity (Wildman–Crippen MR) is 67.1 cm³/mol. The Morgan fingerprint density at radius 2 is 1.84 bits per heavy atom. The van der Waals surface area contributed by atoms with Gasteiger partial charge in [-0.05, 0) is 12.1 Å². The monoisotopic (exact) mass is 254 g/mol. The summed E-state index contributed by atoms with van der Waals surface area (Å²) in [6.07, 6.45) is 4.53. The Labute approximate surface area is 108 Å². The summed E-state index contributed by atoms with van der Waals surface area (Å²) in [5.74, 6) is -0.710. The molecule has 19 heavy (non-hydrogen) atoms. The van der Waals surface area contributed by atoms with Gasteiger partial charge in [0, 0.05) is 23.6 Å². The average Bonchev–Trinajstić information content (AvgIpc) is 2.66. The maximum atomic E-state index is 12.2. The fraction of sp³-hybridized carbons (Fsp3) is 0.0769. The fourth-order valence-corrected chi connectivity index (χ4v) is 2.10. The number of imide groups is 1. The zero-order chi connectivity index (χ0) is 13.4. The highest BCUT2D eigenvalue weighted by Crippen LogP contribution is 2.28. The minimum Gasteiger partial charge on any atom is -0.398 e. The van der Waals surface area contributed by atoms with E-state index in [1.165, 1.54) is 6.33 Å². The van der Waals surface area contributed by atoms with Crippen molar-refractivity contribution in [3.05, 3.63) is 53.6 Å². The molecule has 2 N–H and O–H groups in total. The lowest BCUT2D eigenvalue weighted by Crippen LogP contribution is -2.29. The summed E-state index contributed by atoms with van der Waals surface area (Å²) in [6.45, 7) is 0.145. The molecule has 6 nitrogen and oxygen atoms in total. The Bertz CT molecular complexity index is 670. The number of fused-ring (bicyclic) bond motifs is 1. The van der Waals surface area contributed by atoms with Gasteiger partial charge in [0.05, 0.1) is 17.7 Å². The van der Waals surface area contributed by atoms with Crippen LogP contribution in [0.25, 0.3) is 0 Å². The molecule has 3 rings (SSSR count). The molecular weight excluding hydrogens is 244 g/mol. The van der Waals surface area contributed by atoms with Crippen LogP contribution < -0.4 is 5.73 Å². The van der Waals surface area contributed by atoms with Crippen molar-refractivity contribution in [2.75, 3.05) is 5.73 Å². The van der Waals surface area contributed by atoms with E-state index in [2.05, 4.69) is 9.97 Å². The Morgan fingerprint density at radius 1 is 1.11 bits per heavy atom. The highest BCUT2D eigenvalue weighted by molar-refractivity contribution is 6.23. The molecule has 0 bridgehead atoms. The molecule has 0 fully saturated rings. The van der Waals surface area contributed by atoms with Crippen molar-refractivity contribution in [3.8, 4) is 0 Å². The van der Waals surface area contributed by atoms with Gasteiger partial charge in [0.25, 0.3) is 11.8 Å². The van der Waals surface area contributed by atoms with E-state index in [9.17, 15) is 9.59 Å². The van der Waals surface area contributed by atoms with E-state index in [0.29, 0.717) is 16.8 Å². The van der Waals surface area contributed by atoms with Gasteiger partial charge in [-0.3, -0.25) is 14.5 Å². The van der Waals surface area contributed by atoms with Gasteiger partial charge in [0.2, 0.25) is 0 Å². The molecule has 0 spiro atoms. The lowest BCUT2D eigenvalue weighted by atomic mass is 10.1. The lowest BCUT2D eigenvalue weighted by molar-refractivity contribution is 0.0642. The standard InChI is InChI=1S/C13H10N4O2/c14-10-3-1-2-9-11(10)13(19)17(12(9)18)6-8-4-15-7-16-5-8/h1-5,7H,6,14H2. The van der Waals surface area contributed by atoms with E-state index in [4.69, 9.17) is 5.73 Å². The minimum atomic E-state index is -0.373. The first-order valence-electron chi connectivity index (χ1n) is 5.67. The second kappa shape index (κ2) is 4.16. The van der Waals surface area contributed by atoms with Crippen LogP contribution in [0.1, 0.15) is 26.3 Å². The highest BCUT2D eigenvalue weighted by atomic mass is 16.2. The summed E-state index contributed by atoms with van der Waals surface area (Å²) in [4.78, 5) is 33.3. The second-order valence-corrected chi connectivity index (χ2v) is 4.21. The normalized spacial score (nSPS) is 13.8. The Balaban J connectivity index is 1.97. The number of carbonyl (C=O) groups is 2. The van der Waals surface area contributed by atoms with Crippen molar-refractivity contribution in [1.29, 1.82) is 0 Å². The molecule has 0 atom stereocenters. The third-order valence-corrected chi connectivity index (χ3v) is 2.99. The SMILES string of the molecule is Nc1cccc2c1C(=O)N(Cc1cncnc1)C2=O. The third kappa shape index (κ3) is 1.74. The van der Waals surface area contributed by atoms with Crippen LogP contribution in [0, 0.1) is 0 Å². The van der Waals surface area contributed by atoms with Gasteiger partial charge in [-0.1, -0.05) is 6.07 Å². The zero-order valence-corrected chi connectivity index (χ0v) is 9.91. The van der Waals surface area contributed by atoms with E-state index >= 15 is 0 Å². The number of benzene rings is 1. The second-order valence-electron chi connectivity index (χ2n) is 4.21. The Kier molecular flexibility index (Phi) is 2.49. The van der Waals surface area contributed by atoms with E-state index < -0.39 is 0 Å². The first-order valence-corrected chi connectivity index (χ1v) is 5.67. The molecule has 0 radical (unpaired) electrons. The minimum absolute atomic E-state index is 0.145. The number of nitrogens with zero attached hydrogens (tertiary/aromatic N) is 3. The molecule has 1 aliphatic heterocycles. The van der Waals surface area contributed by atoms with Gasteiger partial charge in [0.15, 0.2) is 0 Å².